The summed E-state index contributed by atoms with van der Waals surface area (Å²) < 4.78 is 9.97. The molecule has 0 aromatic carbocycles. The number of carbonyl (C=O) groups is 1. The highest BCUT2D eigenvalue weighted by atomic mass is 16.6. The number of nitrogens with two attached hydrogens (primary N) is 1. The Balaban J connectivity index is 2.51. The lowest BCUT2D eigenvalue weighted by Gasteiger charge is -2.42. The summed E-state index contributed by atoms with van der Waals surface area (Å²) in [6, 6.07) is 0.0781. The van der Waals surface area contributed by atoms with Crippen LogP contribution in [0.2, 0.25) is 0 Å². The highest BCUT2D eigenvalue weighted by Gasteiger charge is 2.50. The van der Waals surface area contributed by atoms with Crippen molar-refractivity contribution in [1.29, 1.82) is 0 Å². The van der Waals surface area contributed by atoms with Gasteiger partial charge in [0.1, 0.15) is 0 Å². The van der Waals surface area contributed by atoms with Crippen LogP contribution in [0.5, 0.6) is 0 Å². The van der Waals surface area contributed by atoms with E-state index in [1.54, 1.807) is 6.92 Å². The lowest BCUT2D eigenvalue weighted by molar-refractivity contribution is -0.181. The Labute approximate surface area is 72.0 Å². The Hall–Kier alpha value is -0.610. The summed E-state index contributed by atoms with van der Waals surface area (Å²) in [4.78, 5) is 11.3. The SMILES string of the molecule is CCOC(=O)C1(OC)CC(N)C1. The van der Waals surface area contributed by atoms with Crippen molar-refractivity contribution in [2.24, 2.45) is 5.73 Å². The quantitative estimate of drug-likeness (QED) is 0.613. The summed E-state index contributed by atoms with van der Waals surface area (Å²) in [6.45, 7) is 2.17. The maximum absolute atomic E-state index is 11.3. The van der Waals surface area contributed by atoms with Crippen LogP contribution in [0.4, 0.5) is 0 Å². The zero-order valence-electron chi connectivity index (χ0n) is 7.50. The summed E-state index contributed by atoms with van der Waals surface area (Å²) in [5, 5.41) is 0. The minimum atomic E-state index is -0.741. The molecule has 0 atom stereocenters. The lowest BCUT2D eigenvalue weighted by Crippen LogP contribution is -2.58. The van der Waals surface area contributed by atoms with Gasteiger partial charge in [-0.2, -0.15) is 0 Å². The molecular formula is C8H15NO3. The van der Waals surface area contributed by atoms with Crippen LogP contribution in [0.3, 0.4) is 0 Å². The molecule has 0 aromatic heterocycles. The van der Waals surface area contributed by atoms with Gasteiger partial charge in [0.2, 0.25) is 0 Å². The number of carbonyl (C=O) groups excluding carboxylic acids is 1. The van der Waals surface area contributed by atoms with E-state index in [1.807, 2.05) is 0 Å². The lowest BCUT2D eigenvalue weighted by atomic mass is 9.76. The van der Waals surface area contributed by atoms with Gasteiger partial charge in [0.15, 0.2) is 5.60 Å². The molecule has 0 spiro atoms. The summed E-state index contributed by atoms with van der Waals surface area (Å²) in [6.07, 6.45) is 1.14. The van der Waals surface area contributed by atoms with E-state index in [-0.39, 0.29) is 12.0 Å². The fraction of sp³-hybridized carbons (Fsp3) is 0.875. The van der Waals surface area contributed by atoms with E-state index >= 15 is 0 Å². The molecule has 0 unspecified atom stereocenters. The minimum absolute atomic E-state index is 0.0781. The Morgan fingerprint density at radius 2 is 2.25 bits per heavy atom. The number of rotatable bonds is 3. The van der Waals surface area contributed by atoms with Gasteiger partial charge in [-0.25, -0.2) is 4.79 Å². The second-order valence-electron chi connectivity index (χ2n) is 3.09. The molecule has 4 nitrogen and oxygen atoms in total. The Morgan fingerprint density at radius 1 is 1.67 bits per heavy atom. The normalized spacial score (nSPS) is 34.1. The average molecular weight is 173 g/mol. The van der Waals surface area contributed by atoms with Crippen molar-refractivity contribution in [3.63, 3.8) is 0 Å². The molecule has 4 heteroatoms. The van der Waals surface area contributed by atoms with Crippen molar-refractivity contribution in [3.8, 4) is 0 Å². The van der Waals surface area contributed by atoms with Gasteiger partial charge < -0.3 is 15.2 Å². The first kappa shape index (κ1) is 9.48. The molecule has 12 heavy (non-hydrogen) atoms. The second-order valence-corrected chi connectivity index (χ2v) is 3.09. The molecule has 0 heterocycles. The zero-order chi connectivity index (χ0) is 9.19. The highest BCUT2D eigenvalue weighted by molar-refractivity contribution is 5.81. The number of hydrogen-bond donors (Lipinski definition) is 1. The predicted octanol–water partition coefficient (Wildman–Crippen LogP) is 0.0558. The van der Waals surface area contributed by atoms with E-state index in [9.17, 15) is 4.79 Å². The van der Waals surface area contributed by atoms with Gasteiger partial charge in [-0.1, -0.05) is 0 Å². The van der Waals surface area contributed by atoms with E-state index in [0.717, 1.165) is 0 Å². The summed E-state index contributed by atoms with van der Waals surface area (Å²) in [7, 11) is 1.52. The molecule has 1 fully saturated rings. The van der Waals surface area contributed by atoms with Crippen molar-refractivity contribution in [2.75, 3.05) is 13.7 Å². The van der Waals surface area contributed by atoms with Gasteiger partial charge in [-0.15, -0.1) is 0 Å². The monoisotopic (exact) mass is 173 g/mol. The van der Waals surface area contributed by atoms with Crippen LogP contribution in [-0.2, 0) is 14.3 Å². The van der Waals surface area contributed by atoms with Gasteiger partial charge in [-0.05, 0) is 6.92 Å². The van der Waals surface area contributed by atoms with Gasteiger partial charge in [-0.3, -0.25) is 0 Å². The standard InChI is InChI=1S/C8H15NO3/c1-3-12-7(10)8(11-2)4-6(9)5-8/h6H,3-5,9H2,1-2H3. The molecule has 0 saturated heterocycles. The summed E-state index contributed by atoms with van der Waals surface area (Å²) in [5.41, 5.74) is 4.84. The first-order valence-electron chi connectivity index (χ1n) is 4.12. The van der Waals surface area contributed by atoms with Crippen LogP contribution in [0, 0.1) is 0 Å². The maximum atomic E-state index is 11.3. The maximum Gasteiger partial charge on any atom is 0.338 e. The molecule has 0 aromatic rings. The number of hydrogen-bond acceptors (Lipinski definition) is 4. The van der Waals surface area contributed by atoms with Crippen molar-refractivity contribution in [1.82, 2.24) is 0 Å². The number of esters is 1. The van der Waals surface area contributed by atoms with Crippen LogP contribution in [0.25, 0.3) is 0 Å². The number of methoxy groups -OCH3 is 1. The third-order valence-electron chi connectivity index (χ3n) is 2.22. The van der Waals surface area contributed by atoms with Gasteiger partial charge in [0, 0.05) is 26.0 Å². The summed E-state index contributed by atoms with van der Waals surface area (Å²) in [5.74, 6) is -0.283. The number of ether oxygens (including phenoxy) is 2. The first-order chi connectivity index (χ1) is 5.64. The van der Waals surface area contributed by atoms with Crippen LogP contribution in [0.1, 0.15) is 19.8 Å². The fourth-order valence-corrected chi connectivity index (χ4v) is 1.47. The second kappa shape index (κ2) is 3.41. The van der Waals surface area contributed by atoms with Gasteiger partial charge >= 0.3 is 5.97 Å². The van der Waals surface area contributed by atoms with Crippen molar-refractivity contribution in [2.45, 2.75) is 31.4 Å². The minimum Gasteiger partial charge on any atom is -0.464 e. The molecule has 70 valence electrons. The molecule has 0 radical (unpaired) electrons. The Morgan fingerprint density at radius 3 is 2.58 bits per heavy atom. The largest absolute Gasteiger partial charge is 0.464 e. The van der Waals surface area contributed by atoms with Crippen LogP contribution in [-0.4, -0.2) is 31.3 Å². The molecule has 1 aliphatic carbocycles. The van der Waals surface area contributed by atoms with Crippen LogP contribution < -0.4 is 5.73 Å². The van der Waals surface area contributed by atoms with Crippen molar-refractivity contribution in [3.05, 3.63) is 0 Å². The topological polar surface area (TPSA) is 61.5 Å². The molecule has 0 bridgehead atoms. The molecule has 1 aliphatic rings. The van der Waals surface area contributed by atoms with Crippen molar-refractivity contribution >= 4 is 5.97 Å². The zero-order valence-corrected chi connectivity index (χ0v) is 7.50. The van der Waals surface area contributed by atoms with Gasteiger partial charge in [0.05, 0.1) is 6.61 Å². The Bertz CT molecular complexity index is 175. The van der Waals surface area contributed by atoms with Crippen LogP contribution in [0.15, 0.2) is 0 Å². The van der Waals surface area contributed by atoms with Gasteiger partial charge in [0.25, 0.3) is 0 Å². The average Bonchev–Trinajstić information content (AvgIpc) is 1.98. The van der Waals surface area contributed by atoms with Crippen LogP contribution >= 0.6 is 0 Å². The molecule has 1 saturated carbocycles. The van der Waals surface area contributed by atoms with Crippen molar-refractivity contribution < 1.29 is 14.3 Å². The molecule has 0 aliphatic heterocycles. The third kappa shape index (κ3) is 1.44. The molecule has 1 rings (SSSR count). The fourth-order valence-electron chi connectivity index (χ4n) is 1.47. The predicted molar refractivity (Wildman–Crippen MR) is 43.6 cm³/mol. The summed E-state index contributed by atoms with van der Waals surface area (Å²) >= 11 is 0. The molecule has 2 N–H and O–H groups in total. The van der Waals surface area contributed by atoms with E-state index < -0.39 is 5.60 Å². The van der Waals surface area contributed by atoms with E-state index in [4.69, 9.17) is 15.2 Å². The van der Waals surface area contributed by atoms with E-state index in [0.29, 0.717) is 19.4 Å². The van der Waals surface area contributed by atoms with E-state index in [1.165, 1.54) is 7.11 Å². The Kier molecular flexibility index (Phi) is 2.69. The molecule has 0 amide bonds. The smallest absolute Gasteiger partial charge is 0.338 e. The van der Waals surface area contributed by atoms with E-state index in [2.05, 4.69) is 0 Å². The first-order valence-corrected chi connectivity index (χ1v) is 4.12. The highest BCUT2D eigenvalue weighted by Crippen LogP contribution is 2.35. The molecular weight excluding hydrogens is 158 g/mol. The third-order valence-corrected chi connectivity index (χ3v) is 2.22.